The Balaban J connectivity index is 1.53. The van der Waals surface area contributed by atoms with Crippen LogP contribution in [-0.2, 0) is 11.3 Å². The van der Waals surface area contributed by atoms with Gasteiger partial charge in [-0.05, 0) is 78.6 Å². The first-order valence-electron chi connectivity index (χ1n) is 9.47. The molecule has 0 atom stereocenters. The van der Waals surface area contributed by atoms with Crippen molar-refractivity contribution in [3.63, 3.8) is 0 Å². The number of halogens is 2. The van der Waals surface area contributed by atoms with Crippen LogP contribution >= 0.6 is 35.0 Å². The number of anilines is 1. The summed E-state index contributed by atoms with van der Waals surface area (Å²) < 4.78 is 0. The van der Waals surface area contributed by atoms with Crippen molar-refractivity contribution in [3.05, 3.63) is 68.0 Å². The van der Waals surface area contributed by atoms with Gasteiger partial charge in [0.05, 0.1) is 21.5 Å². The van der Waals surface area contributed by atoms with E-state index in [1.165, 1.54) is 23.4 Å². The summed E-state index contributed by atoms with van der Waals surface area (Å²) in [6.45, 7) is 4.38. The molecule has 2 aliphatic heterocycles. The maximum absolute atomic E-state index is 12.8. The minimum atomic E-state index is -0.283. The Hall–Kier alpha value is -1.95. The van der Waals surface area contributed by atoms with E-state index < -0.39 is 0 Å². The predicted octanol–water partition coefficient (Wildman–Crippen LogP) is 6.14. The van der Waals surface area contributed by atoms with Crippen molar-refractivity contribution < 1.29 is 9.59 Å². The summed E-state index contributed by atoms with van der Waals surface area (Å²) in [4.78, 5) is 29.3. The van der Waals surface area contributed by atoms with Crippen molar-refractivity contribution >= 4 is 57.9 Å². The van der Waals surface area contributed by atoms with E-state index >= 15 is 0 Å². The number of benzene rings is 2. The molecule has 2 fully saturated rings. The first kappa shape index (κ1) is 20.3. The van der Waals surface area contributed by atoms with Crippen LogP contribution < -0.4 is 4.90 Å². The zero-order valence-electron chi connectivity index (χ0n) is 16.0. The Morgan fingerprint density at radius 2 is 1.79 bits per heavy atom. The van der Waals surface area contributed by atoms with Gasteiger partial charge < -0.3 is 4.90 Å². The van der Waals surface area contributed by atoms with Crippen LogP contribution in [0.2, 0.25) is 10.0 Å². The molecule has 0 spiro atoms. The van der Waals surface area contributed by atoms with Gasteiger partial charge in [-0.15, -0.1) is 0 Å². The van der Waals surface area contributed by atoms with Gasteiger partial charge in [0, 0.05) is 18.8 Å². The van der Waals surface area contributed by atoms with E-state index in [1.807, 2.05) is 19.1 Å². The van der Waals surface area contributed by atoms with Crippen LogP contribution in [0.4, 0.5) is 10.5 Å². The fourth-order valence-electron chi connectivity index (χ4n) is 3.59. The predicted molar refractivity (Wildman–Crippen MR) is 121 cm³/mol. The lowest BCUT2D eigenvalue weighted by Gasteiger charge is -2.18. The molecule has 0 N–H and O–H groups in total. The van der Waals surface area contributed by atoms with Crippen LogP contribution in [0, 0.1) is 6.92 Å². The van der Waals surface area contributed by atoms with Gasteiger partial charge in [-0.3, -0.25) is 14.5 Å². The van der Waals surface area contributed by atoms with E-state index in [2.05, 4.69) is 17.0 Å². The lowest BCUT2D eigenvalue weighted by Crippen LogP contribution is -2.27. The van der Waals surface area contributed by atoms with E-state index in [9.17, 15) is 9.59 Å². The highest BCUT2D eigenvalue weighted by Crippen LogP contribution is 2.35. The molecule has 2 aromatic carbocycles. The van der Waals surface area contributed by atoms with Crippen LogP contribution in [0.15, 0.2) is 41.3 Å². The van der Waals surface area contributed by atoms with Crippen LogP contribution in [0.3, 0.4) is 0 Å². The molecule has 2 heterocycles. The molecule has 0 bridgehead atoms. The Bertz CT molecular complexity index is 1020. The summed E-state index contributed by atoms with van der Waals surface area (Å²) in [6, 6.07) is 11.4. The molecule has 7 heteroatoms. The molecule has 150 valence electrons. The summed E-state index contributed by atoms with van der Waals surface area (Å²) in [5.41, 5.74) is 4.01. The van der Waals surface area contributed by atoms with Gasteiger partial charge in [-0.25, -0.2) is 0 Å². The van der Waals surface area contributed by atoms with Crippen LogP contribution in [0.5, 0.6) is 0 Å². The molecule has 2 aliphatic rings. The second kappa shape index (κ2) is 8.42. The first-order chi connectivity index (χ1) is 13.9. The van der Waals surface area contributed by atoms with E-state index in [1.54, 1.807) is 18.2 Å². The highest BCUT2D eigenvalue weighted by molar-refractivity contribution is 8.18. The highest BCUT2D eigenvalue weighted by Gasteiger charge is 2.35. The molecule has 4 rings (SSSR count). The van der Waals surface area contributed by atoms with E-state index in [4.69, 9.17) is 23.2 Å². The van der Waals surface area contributed by atoms with Gasteiger partial charge >= 0.3 is 0 Å². The third kappa shape index (κ3) is 4.32. The van der Waals surface area contributed by atoms with Gasteiger partial charge in [-0.1, -0.05) is 35.3 Å². The number of carbonyl (C=O) groups is 2. The quantitative estimate of drug-likeness (QED) is 0.528. The number of carbonyl (C=O) groups excluding carboxylic acids is 2. The lowest BCUT2D eigenvalue weighted by atomic mass is 10.1. The monoisotopic (exact) mass is 446 g/mol. The summed E-state index contributed by atoms with van der Waals surface area (Å²) in [5.74, 6) is -0.283. The SMILES string of the molecule is Cc1cc(N2CCCC2)ccc1/C=C1/SC(=O)N(Cc2ccc(Cl)c(Cl)c2)C1=O. The topological polar surface area (TPSA) is 40.6 Å². The zero-order chi connectivity index (χ0) is 20.5. The Morgan fingerprint density at radius 3 is 2.48 bits per heavy atom. The third-order valence-electron chi connectivity index (χ3n) is 5.21. The van der Waals surface area contributed by atoms with Crippen LogP contribution in [-0.4, -0.2) is 29.1 Å². The first-order valence-corrected chi connectivity index (χ1v) is 11.0. The lowest BCUT2D eigenvalue weighted by molar-refractivity contribution is -0.123. The summed E-state index contributed by atoms with van der Waals surface area (Å²) in [7, 11) is 0. The third-order valence-corrected chi connectivity index (χ3v) is 6.86. The number of nitrogens with zero attached hydrogens (tertiary/aromatic N) is 2. The number of amides is 2. The molecule has 29 heavy (non-hydrogen) atoms. The largest absolute Gasteiger partial charge is 0.372 e. The van der Waals surface area contributed by atoms with Gasteiger partial charge in [0.15, 0.2) is 0 Å². The van der Waals surface area contributed by atoms with Gasteiger partial charge in [-0.2, -0.15) is 0 Å². The summed E-state index contributed by atoms with van der Waals surface area (Å²) >= 11 is 13.0. The van der Waals surface area contributed by atoms with Gasteiger partial charge in [0.1, 0.15) is 0 Å². The van der Waals surface area contributed by atoms with Gasteiger partial charge in [0.2, 0.25) is 0 Å². The molecule has 0 radical (unpaired) electrons. The molecule has 2 aromatic rings. The number of rotatable bonds is 4. The van der Waals surface area contributed by atoms with Crippen LogP contribution in [0.25, 0.3) is 6.08 Å². The molecule has 0 saturated carbocycles. The Kier molecular flexibility index (Phi) is 5.91. The minimum absolute atomic E-state index is 0.172. The van der Waals surface area contributed by atoms with E-state index in [0.717, 1.165) is 41.5 Å². The normalized spacial score (nSPS) is 18.4. The maximum atomic E-state index is 12.8. The molecule has 0 unspecified atom stereocenters. The number of aryl methyl sites for hydroxylation is 1. The fourth-order valence-corrected chi connectivity index (χ4v) is 4.74. The van der Waals surface area contributed by atoms with Crippen molar-refractivity contribution in [1.82, 2.24) is 4.90 Å². The average Bonchev–Trinajstić information content (AvgIpc) is 3.31. The minimum Gasteiger partial charge on any atom is -0.372 e. The second-order valence-electron chi connectivity index (χ2n) is 7.25. The summed E-state index contributed by atoms with van der Waals surface area (Å²) in [5, 5.41) is 0.566. The average molecular weight is 447 g/mol. The summed E-state index contributed by atoms with van der Waals surface area (Å²) in [6.07, 6.45) is 4.27. The molecular formula is C22H20Cl2N2O2S. The van der Waals surface area contributed by atoms with Crippen LogP contribution in [0.1, 0.15) is 29.5 Å². The second-order valence-corrected chi connectivity index (χ2v) is 9.06. The van der Waals surface area contributed by atoms with Crippen molar-refractivity contribution in [2.24, 2.45) is 0 Å². The number of hydrogen-bond donors (Lipinski definition) is 0. The Labute approximate surface area is 184 Å². The van der Waals surface area contributed by atoms with Crippen molar-refractivity contribution in [3.8, 4) is 0 Å². The molecule has 2 amide bonds. The van der Waals surface area contributed by atoms with Gasteiger partial charge in [0.25, 0.3) is 11.1 Å². The molecule has 0 aliphatic carbocycles. The Morgan fingerprint density at radius 1 is 1.03 bits per heavy atom. The fraction of sp³-hybridized carbons (Fsp3) is 0.273. The molecule has 0 aromatic heterocycles. The zero-order valence-corrected chi connectivity index (χ0v) is 18.3. The van der Waals surface area contributed by atoms with Crippen molar-refractivity contribution in [2.75, 3.05) is 18.0 Å². The number of thioether (sulfide) groups is 1. The van der Waals surface area contributed by atoms with E-state index in [0.29, 0.717) is 15.0 Å². The number of hydrogen-bond acceptors (Lipinski definition) is 4. The molecular weight excluding hydrogens is 427 g/mol. The molecule has 4 nitrogen and oxygen atoms in total. The highest BCUT2D eigenvalue weighted by atomic mass is 35.5. The van der Waals surface area contributed by atoms with Crippen molar-refractivity contribution in [2.45, 2.75) is 26.3 Å². The van der Waals surface area contributed by atoms with E-state index in [-0.39, 0.29) is 17.7 Å². The maximum Gasteiger partial charge on any atom is 0.293 e. The van der Waals surface area contributed by atoms with Crippen molar-refractivity contribution in [1.29, 1.82) is 0 Å². The smallest absolute Gasteiger partial charge is 0.293 e. The standard InChI is InChI=1S/C22H20Cl2N2O2S/c1-14-10-17(25-8-2-3-9-25)6-5-16(14)12-20-21(27)26(22(28)29-20)13-15-4-7-18(23)19(24)11-15/h4-7,10-12H,2-3,8-9,13H2,1H3/b20-12+. The molecule has 2 saturated heterocycles. The number of imide groups is 1.